The molecule has 1 saturated heterocycles. The lowest BCUT2D eigenvalue weighted by Gasteiger charge is -2.17. The Kier molecular flexibility index (Phi) is 4.45. The molecule has 130 valence electrons. The Labute approximate surface area is 140 Å². The molecule has 1 N–H and O–H groups in total. The summed E-state index contributed by atoms with van der Waals surface area (Å²) in [7, 11) is 0. The van der Waals surface area contributed by atoms with Crippen molar-refractivity contribution in [3.8, 4) is 0 Å². The van der Waals surface area contributed by atoms with E-state index in [1.807, 2.05) is 0 Å². The summed E-state index contributed by atoms with van der Waals surface area (Å²) in [6.45, 7) is 0.360. The maximum absolute atomic E-state index is 14.1. The van der Waals surface area contributed by atoms with Crippen LogP contribution in [-0.4, -0.2) is 28.7 Å². The molecule has 0 bridgehead atoms. The average Bonchev–Trinajstić information content (AvgIpc) is 3.37. The maximum atomic E-state index is 14.1. The first kappa shape index (κ1) is 17.0. The summed E-state index contributed by atoms with van der Waals surface area (Å²) < 4.78 is 32.5. The summed E-state index contributed by atoms with van der Waals surface area (Å²) in [6.07, 6.45) is -0.322. The summed E-state index contributed by atoms with van der Waals surface area (Å²) in [6, 6.07) is 6.57. The highest BCUT2D eigenvalue weighted by Crippen LogP contribution is 2.36. The lowest BCUT2D eigenvalue weighted by Crippen LogP contribution is -2.15. The summed E-state index contributed by atoms with van der Waals surface area (Å²) in [5, 5.41) is 20.3. The molecule has 0 saturated carbocycles. The van der Waals surface area contributed by atoms with Crippen LogP contribution in [0.2, 0.25) is 0 Å². The minimum atomic E-state index is -1.24. The van der Waals surface area contributed by atoms with Gasteiger partial charge in [-0.15, -0.1) is 0 Å². The zero-order valence-electron chi connectivity index (χ0n) is 12.8. The van der Waals surface area contributed by atoms with Gasteiger partial charge < -0.3 is 9.84 Å². The van der Waals surface area contributed by atoms with E-state index in [-0.39, 0.29) is 34.9 Å². The molecular weight excluding hydrogens is 336 g/mol. The lowest BCUT2D eigenvalue weighted by atomic mass is 9.87. The fourth-order valence-corrected chi connectivity index (χ4v) is 2.84. The fourth-order valence-electron chi connectivity index (χ4n) is 2.84. The monoisotopic (exact) mass is 349 g/mol. The van der Waals surface area contributed by atoms with Crippen LogP contribution in [0.3, 0.4) is 0 Å². The third-order valence-corrected chi connectivity index (χ3v) is 4.14. The van der Waals surface area contributed by atoms with E-state index in [0.29, 0.717) is 6.61 Å². The Balaban J connectivity index is 2.01. The van der Waals surface area contributed by atoms with Crippen LogP contribution in [0.25, 0.3) is 0 Å². The van der Waals surface area contributed by atoms with Crippen LogP contribution in [0.5, 0.6) is 0 Å². The third kappa shape index (κ3) is 3.63. The Bertz CT molecular complexity index is 851. The number of ether oxygens (including phenoxy) is 1. The minimum absolute atomic E-state index is 0.0243. The molecule has 3 rings (SSSR count). The highest BCUT2D eigenvalue weighted by atomic mass is 19.1. The summed E-state index contributed by atoms with van der Waals surface area (Å²) in [5.41, 5.74) is 0.0338. The van der Waals surface area contributed by atoms with Gasteiger partial charge in [-0.25, -0.2) is 13.6 Å². The van der Waals surface area contributed by atoms with E-state index in [1.165, 1.54) is 12.1 Å². The van der Waals surface area contributed by atoms with Gasteiger partial charge in [0.25, 0.3) is 5.69 Å². The Hall–Kier alpha value is -2.87. The zero-order chi connectivity index (χ0) is 18.1. The molecule has 1 aliphatic heterocycles. The number of hydrogen-bond acceptors (Lipinski definition) is 4. The van der Waals surface area contributed by atoms with Gasteiger partial charge in [0.15, 0.2) is 0 Å². The molecule has 0 amide bonds. The summed E-state index contributed by atoms with van der Waals surface area (Å²) in [5.74, 6) is -3.29. The second-order valence-corrected chi connectivity index (χ2v) is 5.75. The highest BCUT2D eigenvalue weighted by molar-refractivity contribution is 5.89. The Morgan fingerprint density at radius 3 is 2.60 bits per heavy atom. The first-order valence-corrected chi connectivity index (χ1v) is 7.44. The summed E-state index contributed by atoms with van der Waals surface area (Å²) in [4.78, 5) is 21.7. The SMILES string of the molecule is O=C(O)c1ccc([N+](=O)[O-])cc1C[C@@H](c1ccc(F)cc1F)[C@H]1CO1. The Morgan fingerprint density at radius 2 is 2.04 bits per heavy atom. The molecule has 1 fully saturated rings. The molecular formula is C17H13F2NO5. The van der Waals surface area contributed by atoms with Crippen molar-refractivity contribution in [1.29, 1.82) is 0 Å². The number of nitro benzene ring substituents is 1. The number of carbonyl (C=O) groups is 1. The van der Waals surface area contributed by atoms with E-state index in [0.717, 1.165) is 24.3 Å². The van der Waals surface area contributed by atoms with Gasteiger partial charge in [0.2, 0.25) is 0 Å². The van der Waals surface area contributed by atoms with E-state index in [1.54, 1.807) is 0 Å². The fraction of sp³-hybridized carbons (Fsp3) is 0.235. The number of carboxylic acid groups (broad SMARTS) is 1. The highest BCUT2D eigenvalue weighted by Gasteiger charge is 2.36. The molecule has 8 heteroatoms. The molecule has 25 heavy (non-hydrogen) atoms. The van der Waals surface area contributed by atoms with Gasteiger partial charge in [-0.1, -0.05) is 6.07 Å². The number of rotatable bonds is 6. The number of aromatic carboxylic acids is 1. The van der Waals surface area contributed by atoms with Gasteiger partial charge in [0.05, 0.1) is 23.2 Å². The van der Waals surface area contributed by atoms with Crippen LogP contribution in [0.15, 0.2) is 36.4 Å². The molecule has 0 aromatic heterocycles. The zero-order valence-corrected chi connectivity index (χ0v) is 12.8. The standard InChI is InChI=1S/C17H13F2NO5/c18-10-1-3-13(15(19)7-10)14(16-8-25-16)6-9-5-11(20(23)24)2-4-12(9)17(21)22/h1-5,7,14,16H,6,8H2,(H,21,22)/t14-,16+/m0/s1. The molecule has 1 aliphatic rings. The van der Waals surface area contributed by atoms with Gasteiger partial charge in [-0.2, -0.15) is 0 Å². The number of epoxide rings is 1. The first-order valence-electron chi connectivity index (χ1n) is 7.44. The number of non-ortho nitro benzene ring substituents is 1. The average molecular weight is 349 g/mol. The van der Waals surface area contributed by atoms with Crippen molar-refractivity contribution in [1.82, 2.24) is 0 Å². The largest absolute Gasteiger partial charge is 0.478 e. The van der Waals surface area contributed by atoms with Crippen molar-refractivity contribution in [2.24, 2.45) is 0 Å². The van der Waals surface area contributed by atoms with Crippen molar-refractivity contribution in [2.45, 2.75) is 18.4 Å². The van der Waals surface area contributed by atoms with E-state index < -0.39 is 28.4 Å². The molecule has 0 unspecified atom stereocenters. The second-order valence-electron chi connectivity index (χ2n) is 5.75. The molecule has 6 nitrogen and oxygen atoms in total. The number of nitro groups is 1. The predicted octanol–water partition coefficient (Wildman–Crippen LogP) is 3.30. The molecule has 0 radical (unpaired) electrons. The predicted molar refractivity (Wildman–Crippen MR) is 82.6 cm³/mol. The van der Waals surface area contributed by atoms with Crippen molar-refractivity contribution in [3.05, 3.63) is 74.8 Å². The van der Waals surface area contributed by atoms with E-state index in [9.17, 15) is 28.8 Å². The van der Waals surface area contributed by atoms with Gasteiger partial charge >= 0.3 is 5.97 Å². The molecule has 2 aromatic rings. The molecule has 1 heterocycles. The number of hydrogen-bond donors (Lipinski definition) is 1. The molecule has 2 atom stereocenters. The van der Waals surface area contributed by atoms with Crippen LogP contribution >= 0.6 is 0 Å². The van der Waals surface area contributed by atoms with Crippen molar-refractivity contribution in [3.63, 3.8) is 0 Å². The van der Waals surface area contributed by atoms with Crippen LogP contribution in [0.1, 0.15) is 27.4 Å². The topological polar surface area (TPSA) is 93.0 Å². The third-order valence-electron chi connectivity index (χ3n) is 4.14. The van der Waals surface area contributed by atoms with Crippen LogP contribution in [0, 0.1) is 21.7 Å². The van der Waals surface area contributed by atoms with Crippen molar-refractivity contribution in [2.75, 3.05) is 6.61 Å². The lowest BCUT2D eigenvalue weighted by molar-refractivity contribution is -0.384. The van der Waals surface area contributed by atoms with Crippen LogP contribution < -0.4 is 0 Å². The van der Waals surface area contributed by atoms with E-state index in [4.69, 9.17) is 4.74 Å². The molecule has 0 spiro atoms. The van der Waals surface area contributed by atoms with Gasteiger partial charge in [-0.3, -0.25) is 10.1 Å². The minimum Gasteiger partial charge on any atom is -0.478 e. The van der Waals surface area contributed by atoms with Crippen LogP contribution in [-0.2, 0) is 11.2 Å². The van der Waals surface area contributed by atoms with Gasteiger partial charge in [0.1, 0.15) is 11.6 Å². The smallest absolute Gasteiger partial charge is 0.335 e. The molecule has 2 aromatic carbocycles. The number of carboxylic acids is 1. The van der Waals surface area contributed by atoms with Gasteiger partial charge in [0, 0.05) is 24.1 Å². The van der Waals surface area contributed by atoms with Gasteiger partial charge in [-0.05, 0) is 29.7 Å². The summed E-state index contributed by atoms with van der Waals surface area (Å²) >= 11 is 0. The number of halogens is 2. The molecule has 0 aliphatic carbocycles. The number of benzene rings is 2. The van der Waals surface area contributed by atoms with Crippen molar-refractivity contribution < 1.29 is 28.3 Å². The van der Waals surface area contributed by atoms with E-state index in [2.05, 4.69) is 0 Å². The van der Waals surface area contributed by atoms with E-state index >= 15 is 0 Å². The normalized spacial score (nSPS) is 17.1. The first-order chi connectivity index (χ1) is 11.9. The Morgan fingerprint density at radius 1 is 1.32 bits per heavy atom. The quantitative estimate of drug-likeness (QED) is 0.491. The second kappa shape index (κ2) is 6.56. The maximum Gasteiger partial charge on any atom is 0.335 e. The van der Waals surface area contributed by atoms with Crippen LogP contribution in [0.4, 0.5) is 14.5 Å². The van der Waals surface area contributed by atoms with Crippen molar-refractivity contribution >= 4 is 11.7 Å². The number of nitrogens with zero attached hydrogens (tertiary/aromatic N) is 1.